The summed E-state index contributed by atoms with van der Waals surface area (Å²) < 4.78 is 33.1. The van der Waals surface area contributed by atoms with E-state index < -0.39 is 45.1 Å². The number of hydrogen-bond donors (Lipinski definition) is 3. The van der Waals surface area contributed by atoms with Gasteiger partial charge in [0, 0.05) is 13.0 Å². The molecule has 266 valence electrons. The van der Waals surface area contributed by atoms with Crippen molar-refractivity contribution in [3.63, 3.8) is 0 Å². The number of carboxylic acids is 1. The Bertz CT molecular complexity index is 781. The van der Waals surface area contributed by atoms with Gasteiger partial charge in [-0.05, 0) is 32.1 Å². The number of phosphoric acid groups is 1. The molecule has 0 fully saturated rings. The number of ether oxygens (including phenoxy) is 2. The van der Waals surface area contributed by atoms with Gasteiger partial charge in [-0.1, -0.05) is 129 Å². The molecule has 0 bridgehead atoms. The molecule has 11 heteroatoms. The maximum atomic E-state index is 12.5. The highest BCUT2D eigenvalue weighted by Gasteiger charge is 2.27. The van der Waals surface area contributed by atoms with Crippen molar-refractivity contribution in [3.05, 3.63) is 12.2 Å². The van der Waals surface area contributed by atoms with Crippen LogP contribution < -0.4 is 5.73 Å². The minimum Gasteiger partial charge on any atom is -0.480 e. The van der Waals surface area contributed by atoms with E-state index in [1.165, 1.54) is 83.5 Å². The molecule has 45 heavy (non-hydrogen) atoms. The second kappa shape index (κ2) is 31.3. The molecule has 0 aromatic heterocycles. The number of aliphatic carboxylic acids is 1. The summed E-state index contributed by atoms with van der Waals surface area (Å²) in [5.41, 5.74) is 5.32. The van der Waals surface area contributed by atoms with Crippen molar-refractivity contribution in [3.8, 4) is 0 Å². The highest BCUT2D eigenvalue weighted by atomic mass is 31.2. The lowest BCUT2D eigenvalue weighted by molar-refractivity contribution is -0.154. The van der Waals surface area contributed by atoms with Crippen LogP contribution in [0.25, 0.3) is 0 Å². The van der Waals surface area contributed by atoms with Gasteiger partial charge in [-0.25, -0.2) is 4.57 Å². The molecule has 3 unspecified atom stereocenters. The zero-order valence-corrected chi connectivity index (χ0v) is 29.4. The minimum absolute atomic E-state index is 0.0168. The van der Waals surface area contributed by atoms with Gasteiger partial charge in [-0.2, -0.15) is 0 Å². The van der Waals surface area contributed by atoms with E-state index in [1.54, 1.807) is 0 Å². The SMILES string of the molecule is CCC/C=C\CCCCCCCCOCC(COP(=O)(O)OCC(N)C(=O)O)OC(=O)CCCCCCCCCCCCCC. The van der Waals surface area contributed by atoms with Crippen LogP contribution in [0.15, 0.2) is 12.2 Å². The fourth-order valence-corrected chi connectivity index (χ4v) is 5.50. The second-order valence-electron chi connectivity index (χ2n) is 12.0. The average molecular weight is 664 g/mol. The van der Waals surface area contributed by atoms with Crippen LogP contribution >= 0.6 is 7.82 Å². The molecule has 0 aliphatic rings. The van der Waals surface area contributed by atoms with E-state index in [0.717, 1.165) is 44.9 Å². The van der Waals surface area contributed by atoms with Crippen LogP contribution in [-0.4, -0.2) is 60.5 Å². The molecule has 0 rings (SSSR count). The Kier molecular flexibility index (Phi) is 30.4. The number of rotatable bonds is 34. The van der Waals surface area contributed by atoms with Crippen LogP contribution in [0.5, 0.6) is 0 Å². The Hall–Kier alpha value is -1.29. The molecule has 0 aromatic carbocycles. The number of allylic oxidation sites excluding steroid dienone is 2. The summed E-state index contributed by atoms with van der Waals surface area (Å²) in [4.78, 5) is 33.3. The van der Waals surface area contributed by atoms with E-state index in [-0.39, 0.29) is 13.0 Å². The summed E-state index contributed by atoms with van der Waals surface area (Å²) in [6, 6.07) is -1.47. The Balaban J connectivity index is 4.34. The van der Waals surface area contributed by atoms with E-state index in [9.17, 15) is 19.0 Å². The minimum atomic E-state index is -4.60. The number of phosphoric ester groups is 1. The third kappa shape index (κ3) is 31.1. The highest BCUT2D eigenvalue weighted by Crippen LogP contribution is 2.43. The van der Waals surface area contributed by atoms with Crippen molar-refractivity contribution >= 4 is 19.8 Å². The first-order chi connectivity index (χ1) is 21.7. The van der Waals surface area contributed by atoms with E-state index >= 15 is 0 Å². The van der Waals surface area contributed by atoms with Crippen molar-refractivity contribution < 1.29 is 42.7 Å². The number of carbonyl (C=O) groups excluding carboxylic acids is 1. The molecule has 0 saturated carbocycles. The van der Waals surface area contributed by atoms with Crippen molar-refractivity contribution in [2.45, 2.75) is 167 Å². The lowest BCUT2D eigenvalue weighted by atomic mass is 10.0. The monoisotopic (exact) mass is 663 g/mol. The third-order valence-corrected chi connectivity index (χ3v) is 8.48. The van der Waals surface area contributed by atoms with Crippen molar-refractivity contribution in [2.75, 3.05) is 26.4 Å². The van der Waals surface area contributed by atoms with Gasteiger partial charge in [0.25, 0.3) is 0 Å². The summed E-state index contributed by atoms with van der Waals surface area (Å²) >= 11 is 0. The smallest absolute Gasteiger partial charge is 0.472 e. The van der Waals surface area contributed by atoms with Gasteiger partial charge in [-0.3, -0.25) is 18.6 Å². The van der Waals surface area contributed by atoms with Crippen LogP contribution in [0.2, 0.25) is 0 Å². The lowest BCUT2D eigenvalue weighted by Crippen LogP contribution is -2.34. The Morgan fingerprint density at radius 3 is 1.78 bits per heavy atom. The van der Waals surface area contributed by atoms with Gasteiger partial charge in [0.2, 0.25) is 0 Å². The van der Waals surface area contributed by atoms with Crippen molar-refractivity contribution in [1.82, 2.24) is 0 Å². The molecule has 3 atom stereocenters. The van der Waals surface area contributed by atoms with E-state index in [2.05, 4.69) is 30.5 Å². The fraction of sp³-hybridized carbons (Fsp3) is 0.882. The van der Waals surface area contributed by atoms with Gasteiger partial charge in [0.1, 0.15) is 12.1 Å². The second-order valence-corrected chi connectivity index (χ2v) is 13.5. The van der Waals surface area contributed by atoms with Crippen LogP contribution in [0.4, 0.5) is 0 Å². The normalized spacial score (nSPS) is 14.4. The first-order valence-corrected chi connectivity index (χ1v) is 19.2. The zero-order chi connectivity index (χ0) is 33.4. The van der Waals surface area contributed by atoms with Gasteiger partial charge in [0.05, 0.1) is 19.8 Å². The third-order valence-electron chi connectivity index (χ3n) is 7.53. The predicted molar refractivity (Wildman–Crippen MR) is 180 cm³/mol. The molecule has 10 nitrogen and oxygen atoms in total. The summed E-state index contributed by atoms with van der Waals surface area (Å²) in [6.07, 6.45) is 28.4. The summed E-state index contributed by atoms with van der Waals surface area (Å²) in [5, 5.41) is 8.84. The first-order valence-electron chi connectivity index (χ1n) is 17.7. The predicted octanol–water partition coefficient (Wildman–Crippen LogP) is 8.64. The average Bonchev–Trinajstić information content (AvgIpc) is 3.01. The summed E-state index contributed by atoms with van der Waals surface area (Å²) in [5.74, 6) is -1.78. The maximum absolute atomic E-state index is 12.5. The molecule has 0 aliphatic heterocycles. The lowest BCUT2D eigenvalue weighted by Gasteiger charge is -2.20. The number of hydrogen-bond acceptors (Lipinski definition) is 8. The van der Waals surface area contributed by atoms with Crippen LogP contribution in [0.3, 0.4) is 0 Å². The molecule has 0 spiro atoms. The van der Waals surface area contributed by atoms with Gasteiger partial charge in [0.15, 0.2) is 0 Å². The topological polar surface area (TPSA) is 155 Å². The van der Waals surface area contributed by atoms with Crippen LogP contribution in [-0.2, 0) is 32.7 Å². The number of unbranched alkanes of at least 4 members (excludes halogenated alkanes) is 18. The fourth-order valence-electron chi connectivity index (χ4n) is 4.72. The number of esters is 1. The molecule has 0 heterocycles. The van der Waals surface area contributed by atoms with Gasteiger partial charge < -0.3 is 25.2 Å². The molecule has 4 N–H and O–H groups in total. The Morgan fingerprint density at radius 2 is 1.20 bits per heavy atom. The van der Waals surface area contributed by atoms with Gasteiger partial charge in [-0.15, -0.1) is 0 Å². The van der Waals surface area contributed by atoms with Crippen LogP contribution in [0, 0.1) is 0 Å². The summed E-state index contributed by atoms with van der Waals surface area (Å²) in [6.45, 7) is 3.79. The van der Waals surface area contributed by atoms with E-state index in [0.29, 0.717) is 13.0 Å². The van der Waals surface area contributed by atoms with Gasteiger partial charge >= 0.3 is 19.8 Å². The standard InChI is InChI=1S/C34H66NO9P/c1-3-5-7-9-11-13-15-16-18-20-22-24-26-33(36)44-31(29-42-45(39,40)43-30-32(35)34(37)38)28-41-27-25-23-21-19-17-14-12-10-8-6-4-2/h8,10,31-32H,3-7,9,11-30,35H2,1-2H3,(H,37,38)(H,39,40)/b10-8-. The Morgan fingerprint density at radius 1 is 0.689 bits per heavy atom. The number of carboxylic acid groups (broad SMARTS) is 1. The summed E-state index contributed by atoms with van der Waals surface area (Å²) in [7, 11) is -4.60. The quantitative estimate of drug-likeness (QED) is 0.0264. The van der Waals surface area contributed by atoms with E-state index in [1.807, 2.05) is 0 Å². The Labute approximate surface area is 273 Å². The first kappa shape index (κ1) is 43.7. The molecule has 0 radical (unpaired) electrons. The molecule has 0 saturated heterocycles. The maximum Gasteiger partial charge on any atom is 0.472 e. The number of nitrogens with two attached hydrogens (primary N) is 1. The van der Waals surface area contributed by atoms with Crippen LogP contribution in [0.1, 0.15) is 155 Å². The molecule has 0 aliphatic carbocycles. The largest absolute Gasteiger partial charge is 0.480 e. The molecular formula is C34H66NO9P. The van der Waals surface area contributed by atoms with Crippen molar-refractivity contribution in [2.24, 2.45) is 5.73 Å². The van der Waals surface area contributed by atoms with E-state index in [4.69, 9.17) is 24.8 Å². The van der Waals surface area contributed by atoms with Crippen molar-refractivity contribution in [1.29, 1.82) is 0 Å². The molecule has 0 aromatic rings. The number of carbonyl (C=O) groups is 2. The highest BCUT2D eigenvalue weighted by molar-refractivity contribution is 7.47. The molecule has 0 amide bonds. The zero-order valence-electron chi connectivity index (χ0n) is 28.5. The molecular weight excluding hydrogens is 597 g/mol.